The van der Waals surface area contributed by atoms with Crippen molar-refractivity contribution in [3.8, 4) is 5.75 Å². The summed E-state index contributed by atoms with van der Waals surface area (Å²) in [7, 11) is -4.35. The molecule has 4 aromatic carbocycles. The molecule has 2 amide bonds. The predicted molar refractivity (Wildman–Crippen MR) is 178 cm³/mol. The lowest BCUT2D eigenvalue weighted by Crippen LogP contribution is -2.53. The first-order chi connectivity index (χ1) is 22.1. The maximum atomic E-state index is 14.4. The number of hydrogen-bond donors (Lipinski definition) is 1. The maximum Gasteiger partial charge on any atom is 0.264 e. The smallest absolute Gasteiger partial charge is 0.264 e. The molecule has 1 N–H and O–H groups in total. The molecule has 242 valence electrons. The van der Waals surface area contributed by atoms with E-state index in [1.54, 1.807) is 24.3 Å². The molecule has 4 aromatic rings. The Bertz CT molecular complexity index is 1700. The number of sulfonamides is 1. The summed E-state index contributed by atoms with van der Waals surface area (Å²) in [6.45, 7) is 3.81. The molecular weight excluding hydrogens is 629 g/mol. The van der Waals surface area contributed by atoms with E-state index in [0.717, 1.165) is 22.0 Å². The largest absolute Gasteiger partial charge is 0.494 e. The molecule has 0 aliphatic rings. The summed E-state index contributed by atoms with van der Waals surface area (Å²) in [5, 5.41) is 3.29. The molecule has 46 heavy (non-hydrogen) atoms. The van der Waals surface area contributed by atoms with Gasteiger partial charge in [0.2, 0.25) is 11.8 Å². The van der Waals surface area contributed by atoms with E-state index < -0.39 is 34.3 Å². The van der Waals surface area contributed by atoms with Crippen LogP contribution in [0.15, 0.2) is 108 Å². The predicted octanol–water partition coefficient (Wildman–Crippen LogP) is 6.24. The van der Waals surface area contributed by atoms with E-state index in [2.05, 4.69) is 5.32 Å². The van der Waals surface area contributed by atoms with Gasteiger partial charge in [0, 0.05) is 24.5 Å². The van der Waals surface area contributed by atoms with Crippen LogP contribution in [0.25, 0.3) is 0 Å². The van der Waals surface area contributed by atoms with Crippen molar-refractivity contribution in [2.75, 3.05) is 24.0 Å². The molecule has 11 heteroatoms. The summed E-state index contributed by atoms with van der Waals surface area (Å²) < 4.78 is 48.6. The zero-order chi connectivity index (χ0) is 33.1. The van der Waals surface area contributed by atoms with Gasteiger partial charge in [0.25, 0.3) is 10.0 Å². The fourth-order valence-electron chi connectivity index (χ4n) is 4.87. The number of benzene rings is 4. The number of nitrogens with one attached hydrogen (secondary N) is 1. The van der Waals surface area contributed by atoms with E-state index in [9.17, 15) is 22.4 Å². The Balaban J connectivity index is 1.79. The lowest BCUT2D eigenvalue weighted by atomic mass is 10.0. The number of rotatable bonds is 15. The second-order valence-electron chi connectivity index (χ2n) is 10.5. The number of nitrogens with zero attached hydrogens (tertiary/aromatic N) is 2. The van der Waals surface area contributed by atoms with E-state index in [4.69, 9.17) is 16.3 Å². The van der Waals surface area contributed by atoms with Crippen LogP contribution in [-0.2, 0) is 32.6 Å². The first-order valence-electron chi connectivity index (χ1n) is 15.0. The summed E-state index contributed by atoms with van der Waals surface area (Å²) >= 11 is 6.51. The van der Waals surface area contributed by atoms with Crippen LogP contribution in [0.1, 0.15) is 31.4 Å². The number of ether oxygens (including phenoxy) is 1. The number of amides is 2. The van der Waals surface area contributed by atoms with Crippen LogP contribution < -0.4 is 14.4 Å². The molecule has 0 heterocycles. The van der Waals surface area contributed by atoms with Crippen LogP contribution >= 0.6 is 11.6 Å². The van der Waals surface area contributed by atoms with Crippen LogP contribution in [0, 0.1) is 5.82 Å². The molecule has 0 saturated heterocycles. The van der Waals surface area contributed by atoms with E-state index in [0.29, 0.717) is 35.9 Å². The van der Waals surface area contributed by atoms with Crippen LogP contribution in [0.4, 0.5) is 10.1 Å². The molecule has 8 nitrogen and oxygen atoms in total. The molecule has 4 rings (SSSR count). The molecule has 0 saturated carbocycles. The lowest BCUT2D eigenvalue weighted by Gasteiger charge is -2.34. The Morgan fingerprint density at radius 1 is 0.891 bits per heavy atom. The zero-order valence-electron chi connectivity index (χ0n) is 25.7. The third-order valence-electron chi connectivity index (χ3n) is 7.24. The quantitative estimate of drug-likeness (QED) is 0.162. The van der Waals surface area contributed by atoms with E-state index in [1.807, 2.05) is 44.2 Å². The minimum atomic E-state index is -4.35. The summed E-state index contributed by atoms with van der Waals surface area (Å²) in [5.41, 5.74) is 1.48. The van der Waals surface area contributed by atoms with Crippen molar-refractivity contribution < 1.29 is 27.1 Å². The van der Waals surface area contributed by atoms with Gasteiger partial charge in [-0.25, -0.2) is 12.8 Å². The Morgan fingerprint density at radius 2 is 1.54 bits per heavy atom. The first kappa shape index (κ1) is 34.5. The lowest BCUT2D eigenvalue weighted by molar-refractivity contribution is -0.140. The molecule has 0 fully saturated rings. The fourth-order valence-corrected chi connectivity index (χ4v) is 6.48. The standard InChI is InChI=1S/C35H37ClFN3O5S/c1-3-22-38-35(42)33(23-26-10-6-5-7-11-26)39(24-27-12-8-9-13-32(27)36)34(41)25-40(29-16-14-28(37)15-17-29)46(43,44)31-20-18-30(19-21-31)45-4-2/h5-21,33H,3-4,22-25H2,1-2H3,(H,38,42)/t33-/m1/s1. The number of carbonyl (C=O) groups is 2. The number of anilines is 1. The van der Waals surface area contributed by atoms with Gasteiger partial charge in [-0.2, -0.15) is 0 Å². The summed E-state index contributed by atoms with van der Waals surface area (Å²) in [6, 6.07) is 25.9. The van der Waals surface area contributed by atoms with Crippen molar-refractivity contribution in [1.82, 2.24) is 10.2 Å². The van der Waals surface area contributed by atoms with E-state index >= 15 is 0 Å². The fraction of sp³-hybridized carbons (Fsp3) is 0.257. The van der Waals surface area contributed by atoms with Crippen molar-refractivity contribution in [1.29, 1.82) is 0 Å². The highest BCUT2D eigenvalue weighted by Crippen LogP contribution is 2.27. The van der Waals surface area contributed by atoms with Gasteiger partial charge >= 0.3 is 0 Å². The van der Waals surface area contributed by atoms with E-state index in [1.165, 1.54) is 41.3 Å². The molecule has 1 atom stereocenters. The third-order valence-corrected chi connectivity index (χ3v) is 9.39. The maximum absolute atomic E-state index is 14.4. The van der Waals surface area contributed by atoms with Crippen molar-refractivity contribution in [2.45, 2.75) is 44.2 Å². The first-order valence-corrected chi connectivity index (χ1v) is 16.8. The van der Waals surface area contributed by atoms with Crippen LogP contribution in [0.5, 0.6) is 5.75 Å². The van der Waals surface area contributed by atoms with Crippen LogP contribution in [-0.4, -0.2) is 50.9 Å². The summed E-state index contributed by atoms with van der Waals surface area (Å²) in [4.78, 5) is 29.4. The van der Waals surface area contributed by atoms with Crippen LogP contribution in [0.3, 0.4) is 0 Å². The second kappa shape index (κ2) is 16.2. The van der Waals surface area contributed by atoms with Gasteiger partial charge in [-0.05, 0) is 79.1 Å². The molecule has 0 radical (unpaired) electrons. The van der Waals surface area contributed by atoms with Crippen LogP contribution in [0.2, 0.25) is 5.02 Å². The topological polar surface area (TPSA) is 96.0 Å². The molecule has 0 unspecified atom stereocenters. The van der Waals surface area contributed by atoms with Gasteiger partial charge in [-0.3, -0.25) is 13.9 Å². The molecular formula is C35H37ClFN3O5S. The van der Waals surface area contributed by atoms with Crippen molar-refractivity contribution in [3.05, 3.63) is 125 Å². The molecule has 0 aliphatic heterocycles. The molecule has 0 spiro atoms. The highest BCUT2D eigenvalue weighted by Gasteiger charge is 2.35. The number of hydrogen-bond acceptors (Lipinski definition) is 5. The van der Waals surface area contributed by atoms with Crippen molar-refractivity contribution >= 4 is 39.1 Å². The van der Waals surface area contributed by atoms with Gasteiger partial charge in [-0.1, -0.05) is 67.1 Å². The Labute approximate surface area is 274 Å². The van der Waals surface area contributed by atoms with Crippen molar-refractivity contribution in [2.24, 2.45) is 0 Å². The number of carbonyl (C=O) groups excluding carboxylic acids is 2. The number of halogens is 2. The van der Waals surface area contributed by atoms with Gasteiger partial charge < -0.3 is 15.0 Å². The molecule has 0 aromatic heterocycles. The Kier molecular flexibility index (Phi) is 12.2. The molecule has 0 aliphatic carbocycles. The van der Waals surface area contributed by atoms with Gasteiger partial charge in [0.1, 0.15) is 24.2 Å². The van der Waals surface area contributed by atoms with Gasteiger partial charge in [0.15, 0.2) is 0 Å². The Hall–Kier alpha value is -4.41. The van der Waals surface area contributed by atoms with Gasteiger partial charge in [0.05, 0.1) is 17.2 Å². The zero-order valence-corrected chi connectivity index (χ0v) is 27.3. The average molecular weight is 666 g/mol. The summed E-state index contributed by atoms with van der Waals surface area (Å²) in [5.74, 6) is -1.11. The summed E-state index contributed by atoms with van der Waals surface area (Å²) in [6.07, 6.45) is 0.857. The monoisotopic (exact) mass is 665 g/mol. The normalized spacial score (nSPS) is 11.8. The average Bonchev–Trinajstić information content (AvgIpc) is 3.06. The highest BCUT2D eigenvalue weighted by atomic mass is 35.5. The second-order valence-corrected chi connectivity index (χ2v) is 12.8. The van der Waals surface area contributed by atoms with Crippen molar-refractivity contribution in [3.63, 3.8) is 0 Å². The highest BCUT2D eigenvalue weighted by molar-refractivity contribution is 7.92. The SMILES string of the molecule is CCCNC(=O)[C@@H](Cc1ccccc1)N(Cc1ccccc1Cl)C(=O)CN(c1ccc(F)cc1)S(=O)(=O)c1ccc(OCC)cc1. The molecule has 0 bridgehead atoms. The van der Waals surface area contributed by atoms with E-state index in [-0.39, 0.29) is 29.5 Å². The Morgan fingerprint density at radius 3 is 2.17 bits per heavy atom. The van der Waals surface area contributed by atoms with Gasteiger partial charge in [-0.15, -0.1) is 0 Å². The minimum absolute atomic E-state index is 0.0596. The minimum Gasteiger partial charge on any atom is -0.494 e. The third kappa shape index (κ3) is 8.86.